The van der Waals surface area contributed by atoms with Gasteiger partial charge in [-0.3, -0.25) is 24.3 Å². The largest absolute Gasteiger partial charge is 0.337 e. The van der Waals surface area contributed by atoms with E-state index in [9.17, 15) is 24.5 Å². The Morgan fingerprint density at radius 1 is 1.15 bits per heavy atom. The molecule has 2 aromatic carbocycles. The lowest BCUT2D eigenvalue weighted by Gasteiger charge is -2.12. The number of halogens is 1. The average molecular weight is 485 g/mol. The maximum Gasteiger partial charge on any atom is 0.337 e. The minimum atomic E-state index is -0.687. The first kappa shape index (κ1) is 22.4. The van der Waals surface area contributed by atoms with Crippen molar-refractivity contribution in [2.24, 2.45) is 0 Å². The zero-order valence-corrected chi connectivity index (χ0v) is 18.9. The van der Waals surface area contributed by atoms with E-state index in [-0.39, 0.29) is 23.6 Å². The zero-order chi connectivity index (χ0) is 23.7. The number of aromatic nitrogens is 2. The highest BCUT2D eigenvalue weighted by atomic mass is 35.5. The van der Waals surface area contributed by atoms with E-state index in [1.165, 1.54) is 46.2 Å². The van der Waals surface area contributed by atoms with Crippen molar-refractivity contribution in [2.75, 3.05) is 5.32 Å². The molecule has 0 spiro atoms. The van der Waals surface area contributed by atoms with Crippen LogP contribution in [0.3, 0.4) is 0 Å². The second kappa shape index (κ2) is 9.00. The lowest BCUT2D eigenvalue weighted by molar-refractivity contribution is -0.384. The fourth-order valence-electron chi connectivity index (χ4n) is 3.40. The first-order chi connectivity index (χ1) is 15.8. The molecule has 9 nitrogen and oxygen atoms in total. The number of nitro groups is 1. The number of aryl methyl sites for hydroxylation is 1. The van der Waals surface area contributed by atoms with Crippen molar-refractivity contribution in [3.8, 4) is 5.69 Å². The molecule has 2 aromatic heterocycles. The van der Waals surface area contributed by atoms with Crippen molar-refractivity contribution in [1.82, 2.24) is 9.13 Å². The van der Waals surface area contributed by atoms with Gasteiger partial charge in [-0.15, -0.1) is 11.3 Å². The summed E-state index contributed by atoms with van der Waals surface area (Å²) in [6, 6.07) is 13.5. The summed E-state index contributed by atoms with van der Waals surface area (Å²) in [5.74, 6) is -0.568. The van der Waals surface area contributed by atoms with E-state index in [0.717, 1.165) is 9.44 Å². The van der Waals surface area contributed by atoms with Crippen LogP contribution in [-0.4, -0.2) is 20.0 Å². The van der Waals surface area contributed by atoms with Gasteiger partial charge in [0.1, 0.15) is 11.4 Å². The van der Waals surface area contributed by atoms with Gasteiger partial charge < -0.3 is 5.32 Å². The summed E-state index contributed by atoms with van der Waals surface area (Å²) in [4.78, 5) is 51.0. The maximum absolute atomic E-state index is 13.4. The molecular formula is C22H17ClN4O5S. The molecule has 0 radical (unpaired) electrons. The van der Waals surface area contributed by atoms with Crippen LogP contribution in [0.1, 0.15) is 11.8 Å². The predicted molar refractivity (Wildman–Crippen MR) is 128 cm³/mol. The van der Waals surface area contributed by atoms with Crippen molar-refractivity contribution >= 4 is 50.4 Å². The fraction of sp³-hybridized carbons (Fsp3) is 0.136. The molecule has 0 fully saturated rings. The first-order valence-electron chi connectivity index (χ1n) is 9.87. The molecule has 0 unspecified atom stereocenters. The van der Waals surface area contributed by atoms with Crippen LogP contribution < -0.4 is 16.6 Å². The van der Waals surface area contributed by atoms with Crippen molar-refractivity contribution in [3.63, 3.8) is 0 Å². The third-order valence-electron chi connectivity index (χ3n) is 4.92. The second-order valence-corrected chi connectivity index (χ2v) is 8.68. The van der Waals surface area contributed by atoms with Gasteiger partial charge in [-0.1, -0.05) is 30.7 Å². The Hall–Kier alpha value is -3.76. The van der Waals surface area contributed by atoms with Crippen LogP contribution in [0.15, 0.2) is 64.2 Å². The minimum absolute atomic E-state index is 0.173. The minimum Gasteiger partial charge on any atom is -0.324 e. The van der Waals surface area contributed by atoms with Crippen molar-refractivity contribution in [2.45, 2.75) is 19.9 Å². The van der Waals surface area contributed by atoms with Crippen LogP contribution in [0.25, 0.3) is 15.9 Å². The molecule has 4 aromatic rings. The number of nitro benzene ring substituents is 1. The quantitative estimate of drug-likeness (QED) is 0.328. The summed E-state index contributed by atoms with van der Waals surface area (Å²) in [7, 11) is 0. The summed E-state index contributed by atoms with van der Waals surface area (Å²) >= 11 is 7.33. The van der Waals surface area contributed by atoms with Crippen molar-refractivity contribution < 1.29 is 9.72 Å². The van der Waals surface area contributed by atoms with Crippen LogP contribution >= 0.6 is 22.9 Å². The number of hydrogen-bond donors (Lipinski definition) is 1. The third-order valence-corrected chi connectivity index (χ3v) is 6.46. The van der Waals surface area contributed by atoms with E-state index in [0.29, 0.717) is 21.7 Å². The number of rotatable bonds is 6. The van der Waals surface area contributed by atoms with E-state index in [1.54, 1.807) is 24.3 Å². The Balaban J connectivity index is 1.81. The predicted octanol–water partition coefficient (Wildman–Crippen LogP) is 3.98. The Labute approximate surface area is 195 Å². The molecule has 4 rings (SSSR count). The summed E-state index contributed by atoms with van der Waals surface area (Å²) in [5.41, 5.74) is -0.844. The molecule has 1 amide bonds. The topological polar surface area (TPSA) is 116 Å². The van der Waals surface area contributed by atoms with Gasteiger partial charge in [0.2, 0.25) is 5.91 Å². The lowest BCUT2D eigenvalue weighted by Crippen LogP contribution is -2.40. The molecule has 0 saturated heterocycles. The van der Waals surface area contributed by atoms with E-state index >= 15 is 0 Å². The monoisotopic (exact) mass is 484 g/mol. The molecule has 0 aliphatic rings. The number of carbonyl (C=O) groups is 1. The lowest BCUT2D eigenvalue weighted by atomic mass is 10.2. The Morgan fingerprint density at radius 3 is 2.61 bits per heavy atom. The molecule has 33 heavy (non-hydrogen) atoms. The fourth-order valence-corrected chi connectivity index (χ4v) is 4.66. The normalized spacial score (nSPS) is 11.0. The summed E-state index contributed by atoms with van der Waals surface area (Å²) < 4.78 is 2.22. The van der Waals surface area contributed by atoms with Gasteiger partial charge in [0.15, 0.2) is 0 Å². The zero-order valence-electron chi connectivity index (χ0n) is 17.3. The van der Waals surface area contributed by atoms with Crippen LogP contribution in [-0.2, 0) is 17.8 Å². The van der Waals surface area contributed by atoms with Gasteiger partial charge in [0.25, 0.3) is 11.2 Å². The molecule has 0 atom stereocenters. The molecular weight excluding hydrogens is 468 g/mol. The van der Waals surface area contributed by atoms with E-state index < -0.39 is 22.1 Å². The number of nitrogens with zero attached hydrogens (tertiary/aromatic N) is 3. The van der Waals surface area contributed by atoms with Crippen LogP contribution in [0.5, 0.6) is 0 Å². The van der Waals surface area contributed by atoms with Gasteiger partial charge >= 0.3 is 5.69 Å². The molecule has 0 saturated carbocycles. The highest BCUT2D eigenvalue weighted by Gasteiger charge is 2.19. The number of amides is 1. The number of non-ortho nitro benzene ring substituents is 1. The van der Waals surface area contributed by atoms with E-state index in [2.05, 4.69) is 5.32 Å². The number of nitrogens with one attached hydrogen (secondary N) is 1. The third kappa shape index (κ3) is 4.43. The van der Waals surface area contributed by atoms with Crippen LogP contribution in [0.4, 0.5) is 11.4 Å². The molecule has 0 aliphatic carbocycles. The van der Waals surface area contributed by atoms with Crippen molar-refractivity contribution in [3.05, 3.63) is 95.4 Å². The van der Waals surface area contributed by atoms with E-state index in [4.69, 9.17) is 11.6 Å². The van der Waals surface area contributed by atoms with Gasteiger partial charge in [0, 0.05) is 27.7 Å². The SMILES string of the molecule is CCc1cc2c(=O)n(-c3cccc(Cl)c3)c(=O)n(CC(=O)Nc3cccc([N+](=O)[O-])c3)c2s1. The van der Waals surface area contributed by atoms with Crippen LogP contribution in [0.2, 0.25) is 5.02 Å². The van der Waals surface area contributed by atoms with Crippen molar-refractivity contribution in [1.29, 1.82) is 0 Å². The van der Waals surface area contributed by atoms with Gasteiger partial charge in [0.05, 0.1) is 16.0 Å². The number of anilines is 1. The summed E-state index contributed by atoms with van der Waals surface area (Å²) in [5, 5.41) is 14.2. The number of benzene rings is 2. The Morgan fingerprint density at radius 2 is 1.91 bits per heavy atom. The number of hydrogen-bond acceptors (Lipinski definition) is 6. The first-order valence-corrected chi connectivity index (χ1v) is 11.1. The van der Waals surface area contributed by atoms with Gasteiger partial charge in [-0.2, -0.15) is 0 Å². The molecule has 168 valence electrons. The molecule has 0 bridgehead atoms. The number of fused-ring (bicyclic) bond motifs is 1. The van der Waals surface area contributed by atoms with E-state index in [1.807, 2.05) is 6.92 Å². The average Bonchev–Trinajstić information content (AvgIpc) is 3.22. The molecule has 1 N–H and O–H groups in total. The van der Waals surface area contributed by atoms with Crippen LogP contribution in [0, 0.1) is 10.1 Å². The smallest absolute Gasteiger partial charge is 0.324 e. The summed E-state index contributed by atoms with van der Waals surface area (Å²) in [6.07, 6.45) is 0.657. The van der Waals surface area contributed by atoms with Gasteiger partial charge in [-0.25, -0.2) is 9.36 Å². The summed E-state index contributed by atoms with van der Waals surface area (Å²) in [6.45, 7) is 1.54. The molecule has 2 heterocycles. The highest BCUT2D eigenvalue weighted by Crippen LogP contribution is 2.24. The number of carbonyl (C=O) groups excluding carboxylic acids is 1. The standard InChI is InChI=1S/C22H17ClN4O5S/c1-2-17-11-18-20(29)26(15-7-3-5-13(23)9-15)22(30)25(21(18)33-17)12-19(28)24-14-6-4-8-16(10-14)27(31)32/h3-11H,2,12H2,1H3,(H,24,28). The highest BCUT2D eigenvalue weighted by molar-refractivity contribution is 7.18. The second-order valence-electron chi connectivity index (χ2n) is 7.13. The molecule has 11 heteroatoms. The number of thiophene rings is 1. The Bertz CT molecular complexity index is 1520. The van der Waals surface area contributed by atoms with Gasteiger partial charge in [-0.05, 0) is 36.8 Å². The maximum atomic E-state index is 13.4. The Kier molecular flexibility index (Phi) is 6.12. The molecule has 0 aliphatic heterocycles.